The van der Waals surface area contributed by atoms with Gasteiger partial charge in [-0.1, -0.05) is 136 Å². The van der Waals surface area contributed by atoms with E-state index in [1.165, 1.54) is 81.1 Å². The summed E-state index contributed by atoms with van der Waals surface area (Å²) in [6.07, 6.45) is 16.5. The third-order valence-corrected chi connectivity index (χ3v) is 12.0. The summed E-state index contributed by atoms with van der Waals surface area (Å²) in [5.41, 5.74) is 2.14. The number of hydrogen-bond acceptors (Lipinski definition) is 4. The van der Waals surface area contributed by atoms with Crippen LogP contribution in [0.1, 0.15) is 160 Å². The van der Waals surface area contributed by atoms with Gasteiger partial charge in [0.1, 0.15) is 0 Å². The largest absolute Gasteiger partial charge is 0.277 e. The topological polar surface area (TPSA) is 74.8 Å². The summed E-state index contributed by atoms with van der Waals surface area (Å²) in [7, 11) is 1.51. The highest BCUT2D eigenvalue weighted by Crippen LogP contribution is 2.46. The first kappa shape index (κ1) is 37.4. The van der Waals surface area contributed by atoms with Gasteiger partial charge < -0.3 is 0 Å². The summed E-state index contributed by atoms with van der Waals surface area (Å²) in [5, 5.41) is 6.76. The molecule has 5 aromatic rings. The van der Waals surface area contributed by atoms with Gasteiger partial charge in [-0.3, -0.25) is 29.0 Å². The van der Waals surface area contributed by atoms with Gasteiger partial charge in [0, 0.05) is 46.6 Å². The molecule has 6 nitrogen and oxygen atoms in total. The summed E-state index contributed by atoms with van der Waals surface area (Å²) in [6.45, 7) is 11.7. The fourth-order valence-electron chi connectivity index (χ4n) is 8.70. The van der Waals surface area contributed by atoms with Crippen LogP contribution >= 0.6 is 0 Å². The molecule has 0 radical (unpaired) electrons. The number of carbonyl (C=O) groups excluding carboxylic acids is 4. The quantitative estimate of drug-likeness (QED) is 0.0471. The number of nitrogens with zero attached hydrogens (tertiary/aromatic N) is 2. The lowest BCUT2D eigenvalue weighted by molar-refractivity contribution is 0.0577. The minimum Gasteiger partial charge on any atom is -0.277 e. The Morgan fingerprint density at radius 1 is 0.442 bits per heavy atom. The predicted octanol–water partition coefficient (Wildman–Crippen LogP) is 11.9. The van der Waals surface area contributed by atoms with Crippen LogP contribution in [-0.4, -0.2) is 47.0 Å². The summed E-state index contributed by atoms with van der Waals surface area (Å²) in [6, 6.07) is 15.1. The number of unbranched alkanes of at least 4 members (excludes halogenated alkanes) is 6. The van der Waals surface area contributed by atoms with Crippen LogP contribution in [0.4, 0.5) is 0 Å². The number of carbonyl (C=O) groups is 4. The van der Waals surface area contributed by atoms with E-state index in [1.54, 1.807) is 12.1 Å². The normalized spacial score (nSPS) is 14.8. The van der Waals surface area contributed by atoms with E-state index in [2.05, 4.69) is 34.6 Å². The Labute approximate surface area is 309 Å². The lowest BCUT2D eigenvalue weighted by Gasteiger charge is -2.31. The second kappa shape index (κ2) is 16.1. The van der Waals surface area contributed by atoms with E-state index in [0.29, 0.717) is 39.6 Å². The molecule has 274 valence electrons. The highest BCUT2D eigenvalue weighted by molar-refractivity contribution is 6.41. The SMILES string of the molecule is CCCCCCC(CC)CC.CCCCCCC(CC)CN1C(=O)c2ccc3c4ccc5c6c(ccc(c7ccc(c2c37)C1=O)c64)C(=O)N(C)C5=O. The predicted molar refractivity (Wildman–Crippen MR) is 215 cm³/mol. The van der Waals surface area contributed by atoms with Crippen molar-refractivity contribution in [3.63, 3.8) is 0 Å². The third-order valence-electron chi connectivity index (χ3n) is 12.0. The maximum absolute atomic E-state index is 13.9. The number of hydrogen-bond donors (Lipinski definition) is 0. The highest BCUT2D eigenvalue weighted by atomic mass is 16.2. The maximum Gasteiger partial charge on any atom is 0.261 e. The van der Waals surface area contributed by atoms with Gasteiger partial charge in [0.25, 0.3) is 23.6 Å². The molecule has 0 aromatic heterocycles. The second-order valence-electron chi connectivity index (χ2n) is 15.2. The number of rotatable bonds is 15. The minimum atomic E-state index is -0.311. The number of benzene rings is 5. The fraction of sp³-hybridized carbons (Fsp3) is 0.478. The van der Waals surface area contributed by atoms with Gasteiger partial charge in [-0.05, 0) is 74.8 Å². The molecule has 1 atom stereocenters. The molecule has 7 rings (SSSR count). The number of amides is 4. The van der Waals surface area contributed by atoms with Crippen LogP contribution in [-0.2, 0) is 0 Å². The average Bonchev–Trinajstić information content (AvgIpc) is 3.17. The summed E-state index contributed by atoms with van der Waals surface area (Å²) in [4.78, 5) is 56.4. The van der Waals surface area contributed by atoms with Gasteiger partial charge in [-0.15, -0.1) is 0 Å². The van der Waals surface area contributed by atoms with Crippen molar-refractivity contribution in [2.24, 2.45) is 11.8 Å². The van der Waals surface area contributed by atoms with E-state index in [9.17, 15) is 19.2 Å². The summed E-state index contributed by atoms with van der Waals surface area (Å²) >= 11 is 0. The van der Waals surface area contributed by atoms with Crippen molar-refractivity contribution in [1.29, 1.82) is 0 Å². The molecular formula is C46H56N2O4. The van der Waals surface area contributed by atoms with Crippen LogP contribution in [0, 0.1) is 11.8 Å². The van der Waals surface area contributed by atoms with Crippen molar-refractivity contribution in [3.05, 3.63) is 70.8 Å². The molecule has 0 saturated heterocycles. The van der Waals surface area contributed by atoms with Crippen LogP contribution in [0.2, 0.25) is 0 Å². The molecule has 52 heavy (non-hydrogen) atoms. The van der Waals surface area contributed by atoms with Crippen molar-refractivity contribution >= 4 is 66.7 Å². The molecule has 2 heterocycles. The van der Waals surface area contributed by atoms with Gasteiger partial charge in [0.05, 0.1) is 0 Å². The number of fused-ring (bicyclic) bond motifs is 2. The molecule has 6 heteroatoms. The molecular weight excluding hydrogens is 645 g/mol. The van der Waals surface area contributed by atoms with Crippen molar-refractivity contribution in [2.75, 3.05) is 13.6 Å². The molecule has 2 aliphatic rings. The molecule has 0 saturated carbocycles. The summed E-state index contributed by atoms with van der Waals surface area (Å²) < 4.78 is 0. The zero-order chi connectivity index (χ0) is 37.1. The first-order chi connectivity index (χ1) is 25.2. The maximum atomic E-state index is 13.9. The van der Waals surface area contributed by atoms with Crippen LogP contribution in [0.5, 0.6) is 0 Å². The van der Waals surface area contributed by atoms with E-state index >= 15 is 0 Å². The Morgan fingerprint density at radius 3 is 1.17 bits per heavy atom. The van der Waals surface area contributed by atoms with E-state index in [-0.39, 0.29) is 29.5 Å². The Bertz CT molecular complexity index is 2010. The second-order valence-corrected chi connectivity index (χ2v) is 15.2. The Hall–Kier alpha value is -4.32. The molecule has 5 aromatic carbocycles. The Balaban J connectivity index is 0.000000368. The molecule has 0 aliphatic carbocycles. The van der Waals surface area contributed by atoms with Crippen LogP contribution in [0.3, 0.4) is 0 Å². The monoisotopic (exact) mass is 700 g/mol. The van der Waals surface area contributed by atoms with Crippen molar-refractivity contribution in [1.82, 2.24) is 9.80 Å². The zero-order valence-electron chi connectivity index (χ0n) is 32.2. The van der Waals surface area contributed by atoms with Gasteiger partial charge in [-0.25, -0.2) is 0 Å². The van der Waals surface area contributed by atoms with Crippen molar-refractivity contribution < 1.29 is 19.2 Å². The Kier molecular flexibility index (Phi) is 11.6. The molecule has 2 aliphatic heterocycles. The van der Waals surface area contributed by atoms with Gasteiger partial charge in [-0.2, -0.15) is 0 Å². The number of imide groups is 2. The first-order valence-electron chi connectivity index (χ1n) is 20.1. The minimum absolute atomic E-state index is 0.228. The Morgan fingerprint density at radius 2 is 0.808 bits per heavy atom. The van der Waals surface area contributed by atoms with Gasteiger partial charge in [0.15, 0.2) is 0 Å². The van der Waals surface area contributed by atoms with Crippen LogP contribution < -0.4 is 0 Å². The van der Waals surface area contributed by atoms with Gasteiger partial charge in [0.2, 0.25) is 0 Å². The van der Waals surface area contributed by atoms with E-state index in [4.69, 9.17) is 0 Å². The average molecular weight is 701 g/mol. The zero-order valence-corrected chi connectivity index (χ0v) is 32.2. The van der Waals surface area contributed by atoms with E-state index in [0.717, 1.165) is 57.5 Å². The summed E-state index contributed by atoms with van der Waals surface area (Å²) in [5.74, 6) is 0.211. The first-order valence-corrected chi connectivity index (χ1v) is 20.1. The van der Waals surface area contributed by atoms with E-state index in [1.807, 2.05) is 36.4 Å². The van der Waals surface area contributed by atoms with E-state index < -0.39 is 0 Å². The molecule has 0 N–H and O–H groups in total. The molecule has 0 bridgehead atoms. The van der Waals surface area contributed by atoms with Gasteiger partial charge >= 0.3 is 0 Å². The standard InChI is InChI=1S/C35H32N2O4.C11H24/c1-4-6-7-8-9-19(5-2)18-37-34(40)26-16-12-22-20-10-14-24-30-25(33(39)36(3)32(24)38)15-11-21(28(20)30)23-13-17-27(35(37)41)31(26)29(22)23;1-4-7-8-9-10-11(5-2)6-3/h10-17,19H,4-9,18H2,1-3H3;11H,4-10H2,1-3H3. The molecule has 1 unspecified atom stereocenters. The molecule has 0 spiro atoms. The highest BCUT2D eigenvalue weighted by Gasteiger charge is 2.36. The van der Waals surface area contributed by atoms with Crippen molar-refractivity contribution in [3.8, 4) is 0 Å². The van der Waals surface area contributed by atoms with Crippen molar-refractivity contribution in [2.45, 2.75) is 118 Å². The third kappa shape index (κ3) is 6.58. The molecule has 4 amide bonds. The van der Waals surface area contributed by atoms with Crippen LogP contribution in [0.15, 0.2) is 48.5 Å². The lowest BCUT2D eigenvalue weighted by atomic mass is 9.82. The molecule has 0 fully saturated rings. The van der Waals surface area contributed by atoms with Crippen LogP contribution in [0.25, 0.3) is 43.1 Å². The fourth-order valence-corrected chi connectivity index (χ4v) is 8.70. The lowest BCUT2D eigenvalue weighted by Crippen LogP contribution is -2.43. The smallest absolute Gasteiger partial charge is 0.261 e.